The van der Waals surface area contributed by atoms with Crippen molar-refractivity contribution in [3.05, 3.63) is 87.0 Å². The Labute approximate surface area is 148 Å². The Morgan fingerprint density at radius 3 is 2.57 bits per heavy atom. The van der Waals surface area contributed by atoms with E-state index in [-0.39, 0.29) is 5.91 Å². The predicted molar refractivity (Wildman–Crippen MR) is 102 cm³/mol. The molecule has 0 bridgehead atoms. The molecule has 0 atom stereocenters. The first-order chi connectivity index (χ1) is 11.2. The van der Waals surface area contributed by atoms with Crippen molar-refractivity contribution in [2.75, 3.05) is 5.32 Å². The van der Waals surface area contributed by atoms with Gasteiger partial charge in [-0.05, 0) is 81.6 Å². The molecule has 1 amide bonds. The lowest BCUT2D eigenvalue weighted by Crippen LogP contribution is -2.12. The summed E-state index contributed by atoms with van der Waals surface area (Å²) in [5.74, 6) is -0.0704. The van der Waals surface area contributed by atoms with Crippen molar-refractivity contribution in [3.8, 4) is 11.1 Å². The minimum Gasteiger partial charge on any atom is -0.322 e. The molecule has 0 saturated carbocycles. The Kier molecular flexibility index (Phi) is 3.65. The van der Waals surface area contributed by atoms with Gasteiger partial charge in [-0.2, -0.15) is 0 Å². The summed E-state index contributed by atoms with van der Waals surface area (Å²) in [5, 5.41) is 3.00. The van der Waals surface area contributed by atoms with Crippen LogP contribution < -0.4 is 5.32 Å². The van der Waals surface area contributed by atoms with Gasteiger partial charge in [0.05, 0.1) is 0 Å². The average molecular weight is 411 g/mol. The zero-order chi connectivity index (χ0) is 15.8. The molecule has 3 aromatic carbocycles. The van der Waals surface area contributed by atoms with Gasteiger partial charge >= 0.3 is 0 Å². The second-order valence-electron chi connectivity index (χ2n) is 5.67. The summed E-state index contributed by atoms with van der Waals surface area (Å²) >= 11 is 2.21. The van der Waals surface area contributed by atoms with Crippen molar-refractivity contribution in [1.29, 1.82) is 0 Å². The molecule has 0 aliphatic heterocycles. The smallest absolute Gasteiger partial charge is 0.255 e. The lowest BCUT2D eigenvalue weighted by molar-refractivity contribution is 0.102. The molecule has 112 valence electrons. The lowest BCUT2D eigenvalue weighted by Gasteiger charge is -2.08. The molecule has 23 heavy (non-hydrogen) atoms. The molecule has 0 aromatic heterocycles. The molecule has 0 fully saturated rings. The zero-order valence-corrected chi connectivity index (χ0v) is 14.5. The van der Waals surface area contributed by atoms with E-state index in [1.165, 1.54) is 22.3 Å². The van der Waals surface area contributed by atoms with E-state index < -0.39 is 0 Å². The molecule has 1 aliphatic carbocycles. The van der Waals surface area contributed by atoms with Gasteiger partial charge in [-0.1, -0.05) is 36.4 Å². The van der Waals surface area contributed by atoms with Crippen molar-refractivity contribution in [3.63, 3.8) is 0 Å². The highest BCUT2D eigenvalue weighted by atomic mass is 127. The summed E-state index contributed by atoms with van der Waals surface area (Å²) < 4.78 is 1.06. The highest BCUT2D eigenvalue weighted by Gasteiger charge is 2.18. The molecule has 1 aliphatic rings. The van der Waals surface area contributed by atoms with Crippen LogP contribution >= 0.6 is 22.6 Å². The van der Waals surface area contributed by atoms with E-state index in [2.05, 4.69) is 64.3 Å². The molecular weight excluding hydrogens is 397 g/mol. The molecule has 4 rings (SSSR count). The van der Waals surface area contributed by atoms with Crippen LogP contribution in [0.25, 0.3) is 11.1 Å². The quantitative estimate of drug-likeness (QED) is 0.456. The van der Waals surface area contributed by atoms with Crippen LogP contribution in [-0.2, 0) is 6.42 Å². The van der Waals surface area contributed by atoms with Crippen molar-refractivity contribution in [1.82, 2.24) is 0 Å². The van der Waals surface area contributed by atoms with Gasteiger partial charge in [0.25, 0.3) is 5.91 Å². The van der Waals surface area contributed by atoms with E-state index in [1.54, 1.807) is 0 Å². The number of benzene rings is 3. The maximum absolute atomic E-state index is 12.4. The fourth-order valence-electron chi connectivity index (χ4n) is 3.06. The Morgan fingerprint density at radius 1 is 0.870 bits per heavy atom. The van der Waals surface area contributed by atoms with Crippen LogP contribution in [0.1, 0.15) is 21.5 Å². The van der Waals surface area contributed by atoms with Crippen LogP contribution in [-0.4, -0.2) is 5.91 Å². The average Bonchev–Trinajstić information content (AvgIpc) is 2.92. The molecule has 0 saturated heterocycles. The largest absolute Gasteiger partial charge is 0.322 e. The van der Waals surface area contributed by atoms with Crippen molar-refractivity contribution in [2.24, 2.45) is 0 Å². The van der Waals surface area contributed by atoms with Gasteiger partial charge in [0.1, 0.15) is 0 Å². The first-order valence-electron chi connectivity index (χ1n) is 7.49. The first kappa shape index (κ1) is 14.5. The maximum atomic E-state index is 12.4. The standard InChI is InChI=1S/C20H14INO/c21-16-6-3-5-14(11-16)20(23)22-17-8-9-19-15(12-17)10-13-4-1-2-7-18(13)19/h1-9,11-12H,10H2,(H,22,23). The van der Waals surface area contributed by atoms with E-state index in [0.717, 1.165) is 15.7 Å². The molecule has 0 heterocycles. The van der Waals surface area contributed by atoms with E-state index in [1.807, 2.05) is 30.3 Å². The Balaban J connectivity index is 1.60. The van der Waals surface area contributed by atoms with Gasteiger partial charge < -0.3 is 5.32 Å². The number of anilines is 1. The monoisotopic (exact) mass is 411 g/mol. The third-order valence-electron chi connectivity index (χ3n) is 4.14. The number of fused-ring (bicyclic) bond motifs is 3. The topological polar surface area (TPSA) is 29.1 Å². The Bertz CT molecular complexity index is 917. The van der Waals surface area contributed by atoms with Crippen LogP contribution in [0.2, 0.25) is 0 Å². The number of hydrogen-bond acceptors (Lipinski definition) is 1. The maximum Gasteiger partial charge on any atom is 0.255 e. The third kappa shape index (κ3) is 2.77. The molecule has 0 unspecified atom stereocenters. The van der Waals surface area contributed by atoms with Crippen LogP contribution in [0.15, 0.2) is 66.7 Å². The summed E-state index contributed by atoms with van der Waals surface area (Å²) in [6.07, 6.45) is 0.929. The van der Waals surface area contributed by atoms with Gasteiger partial charge in [-0.3, -0.25) is 4.79 Å². The Morgan fingerprint density at radius 2 is 1.70 bits per heavy atom. The van der Waals surface area contributed by atoms with E-state index >= 15 is 0 Å². The molecular formula is C20H14INO. The van der Waals surface area contributed by atoms with Gasteiger partial charge in [0, 0.05) is 14.8 Å². The van der Waals surface area contributed by atoms with Crippen LogP contribution in [0, 0.1) is 3.57 Å². The van der Waals surface area contributed by atoms with E-state index in [4.69, 9.17) is 0 Å². The van der Waals surface area contributed by atoms with Crippen LogP contribution in [0.4, 0.5) is 5.69 Å². The fourth-order valence-corrected chi connectivity index (χ4v) is 3.60. The SMILES string of the molecule is O=C(Nc1ccc2c(c1)Cc1ccccc1-2)c1cccc(I)c1. The zero-order valence-electron chi connectivity index (χ0n) is 12.3. The second-order valence-corrected chi connectivity index (χ2v) is 6.92. The Hall–Kier alpha value is -2.14. The normalized spacial score (nSPS) is 11.7. The highest BCUT2D eigenvalue weighted by Crippen LogP contribution is 2.37. The van der Waals surface area contributed by atoms with Gasteiger partial charge in [0.15, 0.2) is 0 Å². The van der Waals surface area contributed by atoms with Crippen molar-refractivity contribution < 1.29 is 4.79 Å². The van der Waals surface area contributed by atoms with Gasteiger partial charge in [-0.15, -0.1) is 0 Å². The number of halogens is 1. The summed E-state index contributed by atoms with van der Waals surface area (Å²) in [4.78, 5) is 12.4. The van der Waals surface area contributed by atoms with E-state index in [0.29, 0.717) is 5.56 Å². The van der Waals surface area contributed by atoms with Gasteiger partial charge in [-0.25, -0.2) is 0 Å². The molecule has 0 radical (unpaired) electrons. The summed E-state index contributed by atoms with van der Waals surface area (Å²) in [6, 6.07) is 22.2. The molecule has 3 aromatic rings. The third-order valence-corrected chi connectivity index (χ3v) is 4.81. The fraction of sp³-hybridized carbons (Fsp3) is 0.0500. The van der Waals surface area contributed by atoms with Crippen molar-refractivity contribution >= 4 is 34.2 Å². The summed E-state index contributed by atoms with van der Waals surface area (Å²) in [7, 11) is 0. The number of nitrogens with one attached hydrogen (secondary N) is 1. The molecule has 3 heteroatoms. The molecule has 1 N–H and O–H groups in total. The minimum absolute atomic E-state index is 0.0704. The minimum atomic E-state index is -0.0704. The number of rotatable bonds is 2. The summed E-state index contributed by atoms with van der Waals surface area (Å²) in [6.45, 7) is 0. The molecule has 2 nitrogen and oxygen atoms in total. The van der Waals surface area contributed by atoms with E-state index in [9.17, 15) is 4.79 Å². The number of carbonyl (C=O) groups excluding carboxylic acids is 1. The molecule has 0 spiro atoms. The second kappa shape index (κ2) is 5.81. The number of hydrogen-bond donors (Lipinski definition) is 1. The van der Waals surface area contributed by atoms with Crippen LogP contribution in [0.5, 0.6) is 0 Å². The highest BCUT2D eigenvalue weighted by molar-refractivity contribution is 14.1. The van der Waals surface area contributed by atoms with Crippen molar-refractivity contribution in [2.45, 2.75) is 6.42 Å². The van der Waals surface area contributed by atoms with Gasteiger partial charge in [0.2, 0.25) is 0 Å². The first-order valence-corrected chi connectivity index (χ1v) is 8.57. The number of carbonyl (C=O) groups is 1. The van der Waals surface area contributed by atoms with Crippen LogP contribution in [0.3, 0.4) is 0 Å². The number of amides is 1. The lowest BCUT2D eigenvalue weighted by atomic mass is 10.1. The predicted octanol–water partition coefficient (Wildman–Crippen LogP) is 5.11. The summed E-state index contributed by atoms with van der Waals surface area (Å²) in [5.41, 5.74) is 6.72.